The fourth-order valence-corrected chi connectivity index (χ4v) is 2.67. The second-order valence-electron chi connectivity index (χ2n) is 5.29. The largest absolute Gasteiger partial charge is 0.378 e. The van der Waals surface area contributed by atoms with Gasteiger partial charge in [0.15, 0.2) is 0 Å². The number of likely N-dealkylation sites (tertiary alicyclic amines) is 1. The minimum Gasteiger partial charge on any atom is -0.378 e. The first kappa shape index (κ1) is 12.8. The van der Waals surface area contributed by atoms with Crippen LogP contribution in [-0.2, 0) is 9.53 Å². The number of nitrogens with one attached hydrogen (secondary N) is 1. The van der Waals surface area contributed by atoms with E-state index in [0.29, 0.717) is 12.0 Å². The Hall–Kier alpha value is -0.610. The van der Waals surface area contributed by atoms with Crippen molar-refractivity contribution < 1.29 is 9.53 Å². The van der Waals surface area contributed by atoms with Gasteiger partial charge in [-0.25, -0.2) is 0 Å². The van der Waals surface area contributed by atoms with Crippen LogP contribution in [0.5, 0.6) is 0 Å². The van der Waals surface area contributed by atoms with Gasteiger partial charge in [-0.2, -0.15) is 0 Å². The molecule has 2 saturated heterocycles. The van der Waals surface area contributed by atoms with Crippen LogP contribution >= 0.6 is 0 Å². The van der Waals surface area contributed by atoms with Gasteiger partial charge in [0, 0.05) is 26.2 Å². The summed E-state index contributed by atoms with van der Waals surface area (Å²) in [6.45, 7) is 7.72. The van der Waals surface area contributed by atoms with Crippen LogP contribution in [0, 0.1) is 5.92 Å². The van der Waals surface area contributed by atoms with Crippen LogP contribution in [-0.4, -0.2) is 49.2 Å². The summed E-state index contributed by atoms with van der Waals surface area (Å²) in [5.41, 5.74) is 0. The van der Waals surface area contributed by atoms with Crippen LogP contribution in [0.2, 0.25) is 0 Å². The molecule has 2 fully saturated rings. The van der Waals surface area contributed by atoms with Crippen LogP contribution < -0.4 is 5.32 Å². The second kappa shape index (κ2) is 5.83. The van der Waals surface area contributed by atoms with Crippen molar-refractivity contribution >= 4 is 5.91 Å². The Balaban J connectivity index is 1.72. The summed E-state index contributed by atoms with van der Waals surface area (Å²) in [7, 11) is 0. The van der Waals surface area contributed by atoms with Crippen LogP contribution in [0.4, 0.5) is 0 Å². The molecule has 2 aliphatic rings. The van der Waals surface area contributed by atoms with Gasteiger partial charge in [-0.1, -0.05) is 0 Å². The maximum atomic E-state index is 12.1. The topological polar surface area (TPSA) is 41.6 Å². The molecule has 1 N–H and O–H groups in total. The molecule has 0 aromatic rings. The molecule has 98 valence electrons. The maximum absolute atomic E-state index is 12.1. The highest BCUT2D eigenvalue weighted by Gasteiger charge is 2.27. The van der Waals surface area contributed by atoms with Crippen molar-refractivity contribution in [1.29, 1.82) is 0 Å². The number of amides is 1. The smallest absolute Gasteiger partial charge is 0.239 e. The first-order valence-corrected chi connectivity index (χ1v) is 6.82. The highest BCUT2D eigenvalue weighted by molar-refractivity contribution is 5.81. The fraction of sp³-hybridized carbons (Fsp3) is 0.923. The third-order valence-corrected chi connectivity index (χ3v) is 4.01. The monoisotopic (exact) mass is 240 g/mol. The minimum atomic E-state index is -0.0547. The van der Waals surface area contributed by atoms with Gasteiger partial charge in [0.2, 0.25) is 5.91 Å². The molecule has 3 atom stereocenters. The van der Waals surface area contributed by atoms with Crippen molar-refractivity contribution in [3.63, 3.8) is 0 Å². The quantitative estimate of drug-likeness (QED) is 0.797. The Morgan fingerprint density at radius 1 is 1.47 bits per heavy atom. The van der Waals surface area contributed by atoms with E-state index in [9.17, 15) is 4.79 Å². The molecule has 0 saturated carbocycles. The molecule has 0 aromatic carbocycles. The summed E-state index contributed by atoms with van der Waals surface area (Å²) in [6.07, 6.45) is 3.76. The Labute approximate surface area is 104 Å². The molecule has 2 rings (SSSR count). The molecule has 1 amide bonds. The van der Waals surface area contributed by atoms with E-state index in [4.69, 9.17) is 4.74 Å². The van der Waals surface area contributed by atoms with Crippen molar-refractivity contribution in [1.82, 2.24) is 10.2 Å². The molecule has 17 heavy (non-hydrogen) atoms. The van der Waals surface area contributed by atoms with Gasteiger partial charge in [-0.3, -0.25) is 4.79 Å². The molecule has 0 aromatic heterocycles. The molecule has 2 aliphatic heterocycles. The van der Waals surface area contributed by atoms with Gasteiger partial charge < -0.3 is 15.0 Å². The zero-order valence-electron chi connectivity index (χ0n) is 10.9. The van der Waals surface area contributed by atoms with Crippen molar-refractivity contribution in [2.75, 3.05) is 26.2 Å². The number of rotatable bonds is 4. The van der Waals surface area contributed by atoms with Crippen molar-refractivity contribution in [2.45, 2.75) is 45.3 Å². The number of hydrogen-bond acceptors (Lipinski definition) is 3. The van der Waals surface area contributed by atoms with E-state index in [1.807, 2.05) is 11.8 Å². The lowest BCUT2D eigenvalue weighted by atomic mass is 10.0. The third-order valence-electron chi connectivity index (χ3n) is 4.01. The van der Waals surface area contributed by atoms with Gasteiger partial charge in [0.1, 0.15) is 0 Å². The second-order valence-corrected chi connectivity index (χ2v) is 5.29. The molecule has 4 nitrogen and oxygen atoms in total. The molecule has 3 unspecified atom stereocenters. The number of hydrogen-bond donors (Lipinski definition) is 1. The molecule has 0 spiro atoms. The molecular weight excluding hydrogens is 216 g/mol. The Kier molecular flexibility index (Phi) is 4.40. The van der Waals surface area contributed by atoms with E-state index in [1.54, 1.807) is 0 Å². The predicted octanol–water partition coefficient (Wildman–Crippen LogP) is 1.01. The molecule has 0 radical (unpaired) electrons. The van der Waals surface area contributed by atoms with E-state index in [-0.39, 0.29) is 11.9 Å². The van der Waals surface area contributed by atoms with Gasteiger partial charge in [-0.15, -0.1) is 0 Å². The normalized spacial score (nSPS) is 30.8. The lowest BCUT2D eigenvalue weighted by Crippen LogP contribution is -2.45. The minimum absolute atomic E-state index is 0.0547. The standard InChI is InChI=1S/C13H24N2O2/c1-10(13(16)15-6-3-4-7-15)14-9-12-5-8-17-11(12)2/h10-12,14H,3-9H2,1-2H3. The van der Waals surface area contributed by atoms with E-state index >= 15 is 0 Å². The summed E-state index contributed by atoms with van der Waals surface area (Å²) >= 11 is 0. The van der Waals surface area contributed by atoms with Gasteiger partial charge >= 0.3 is 0 Å². The van der Waals surface area contributed by atoms with E-state index in [1.165, 1.54) is 0 Å². The first-order chi connectivity index (χ1) is 8.18. The summed E-state index contributed by atoms with van der Waals surface area (Å²) in [6, 6.07) is -0.0547. The summed E-state index contributed by atoms with van der Waals surface area (Å²) in [5.74, 6) is 0.817. The SMILES string of the molecule is CC(NCC1CCOC1C)C(=O)N1CCCC1. The van der Waals surface area contributed by atoms with Gasteiger partial charge in [0.05, 0.1) is 12.1 Å². The molecule has 0 bridgehead atoms. The Morgan fingerprint density at radius 2 is 2.18 bits per heavy atom. The van der Waals surface area contributed by atoms with Crippen LogP contribution in [0.1, 0.15) is 33.1 Å². The lowest BCUT2D eigenvalue weighted by Gasteiger charge is -2.23. The van der Waals surface area contributed by atoms with Crippen LogP contribution in [0.25, 0.3) is 0 Å². The number of ether oxygens (including phenoxy) is 1. The third kappa shape index (κ3) is 3.19. The van der Waals surface area contributed by atoms with Crippen molar-refractivity contribution in [3.05, 3.63) is 0 Å². The van der Waals surface area contributed by atoms with Crippen LogP contribution in [0.3, 0.4) is 0 Å². The van der Waals surface area contributed by atoms with Crippen LogP contribution in [0.15, 0.2) is 0 Å². The van der Waals surface area contributed by atoms with E-state index in [0.717, 1.165) is 45.5 Å². The molecular formula is C13H24N2O2. The van der Waals surface area contributed by atoms with Gasteiger partial charge in [0.25, 0.3) is 0 Å². The number of carbonyl (C=O) groups is 1. The first-order valence-electron chi connectivity index (χ1n) is 6.82. The van der Waals surface area contributed by atoms with Crippen molar-refractivity contribution in [2.24, 2.45) is 5.92 Å². The van der Waals surface area contributed by atoms with Gasteiger partial charge in [-0.05, 0) is 39.0 Å². The van der Waals surface area contributed by atoms with Crippen molar-refractivity contribution in [3.8, 4) is 0 Å². The fourth-order valence-electron chi connectivity index (χ4n) is 2.67. The number of carbonyl (C=O) groups excluding carboxylic acids is 1. The zero-order chi connectivity index (χ0) is 12.3. The highest BCUT2D eigenvalue weighted by Crippen LogP contribution is 2.19. The highest BCUT2D eigenvalue weighted by atomic mass is 16.5. The predicted molar refractivity (Wildman–Crippen MR) is 66.8 cm³/mol. The average molecular weight is 240 g/mol. The molecule has 0 aliphatic carbocycles. The van der Waals surface area contributed by atoms with E-state index in [2.05, 4.69) is 12.2 Å². The zero-order valence-corrected chi connectivity index (χ0v) is 10.9. The Bertz CT molecular complexity index is 264. The summed E-state index contributed by atoms with van der Waals surface area (Å²) in [5, 5.41) is 3.36. The summed E-state index contributed by atoms with van der Waals surface area (Å²) < 4.78 is 5.52. The molecule has 2 heterocycles. The number of nitrogens with zero attached hydrogens (tertiary/aromatic N) is 1. The Morgan fingerprint density at radius 3 is 2.76 bits per heavy atom. The summed E-state index contributed by atoms with van der Waals surface area (Å²) in [4.78, 5) is 14.0. The lowest BCUT2D eigenvalue weighted by molar-refractivity contribution is -0.132. The molecule has 4 heteroatoms. The van der Waals surface area contributed by atoms with E-state index < -0.39 is 0 Å². The average Bonchev–Trinajstić information content (AvgIpc) is 2.96. The maximum Gasteiger partial charge on any atom is 0.239 e.